The number of nitrogens with one attached hydrogen (secondary N) is 1. The molecular formula is C10H12N6O2. The van der Waals surface area contributed by atoms with Gasteiger partial charge in [0.2, 0.25) is 0 Å². The van der Waals surface area contributed by atoms with E-state index in [1.165, 1.54) is 24.4 Å². The minimum absolute atomic E-state index is 0.0125. The summed E-state index contributed by atoms with van der Waals surface area (Å²) in [6, 6.07) is 0. The number of aromatic nitrogens is 5. The first-order valence-electron chi connectivity index (χ1n) is 5.17. The lowest BCUT2D eigenvalue weighted by molar-refractivity contribution is 0.0587. The van der Waals surface area contributed by atoms with Crippen LogP contribution in [0, 0.1) is 6.92 Å². The van der Waals surface area contributed by atoms with Crippen LogP contribution in [0.25, 0.3) is 5.82 Å². The fraction of sp³-hybridized carbons (Fsp3) is 0.300. The van der Waals surface area contributed by atoms with Gasteiger partial charge < -0.3 is 10.1 Å². The summed E-state index contributed by atoms with van der Waals surface area (Å²) in [5.74, 6) is 0.642. The third-order valence-electron chi connectivity index (χ3n) is 2.37. The first-order valence-corrected chi connectivity index (χ1v) is 5.17. The Kier molecular flexibility index (Phi) is 3.18. The molecule has 0 aliphatic carbocycles. The molecule has 2 heterocycles. The summed E-state index contributed by atoms with van der Waals surface area (Å²) in [5, 5.41) is 6.94. The van der Waals surface area contributed by atoms with E-state index in [-0.39, 0.29) is 5.82 Å². The Balaban J connectivity index is 2.43. The van der Waals surface area contributed by atoms with Gasteiger partial charge in [-0.2, -0.15) is 0 Å². The van der Waals surface area contributed by atoms with Crippen LogP contribution in [0.5, 0.6) is 0 Å². The zero-order chi connectivity index (χ0) is 13.1. The lowest BCUT2D eigenvalue weighted by Gasteiger charge is -2.07. The van der Waals surface area contributed by atoms with E-state index in [0.717, 1.165) is 5.56 Å². The second kappa shape index (κ2) is 4.78. The number of hydrogen-bond acceptors (Lipinski definition) is 7. The van der Waals surface area contributed by atoms with Gasteiger partial charge >= 0.3 is 5.97 Å². The molecule has 0 aromatic carbocycles. The maximum atomic E-state index is 11.3. The summed E-state index contributed by atoms with van der Waals surface area (Å²) in [6.45, 7) is 1.85. The van der Waals surface area contributed by atoms with Gasteiger partial charge in [0.1, 0.15) is 18.5 Å². The van der Waals surface area contributed by atoms with Crippen molar-refractivity contribution in [3.63, 3.8) is 0 Å². The average Bonchev–Trinajstić information content (AvgIpc) is 2.87. The molecule has 0 aliphatic rings. The highest BCUT2D eigenvalue weighted by Gasteiger charge is 2.14. The van der Waals surface area contributed by atoms with Gasteiger partial charge in [0.05, 0.1) is 7.11 Å². The number of carbonyl (C=O) groups excluding carboxylic acids is 1. The van der Waals surface area contributed by atoms with Gasteiger partial charge in [0, 0.05) is 12.6 Å². The Morgan fingerprint density at radius 2 is 2.17 bits per heavy atom. The SMILES string of the molecule is CNc1ncnc(-n2cnc(C(=O)OC)n2)c1C. The van der Waals surface area contributed by atoms with Crippen LogP contribution in [0.4, 0.5) is 5.82 Å². The van der Waals surface area contributed by atoms with E-state index >= 15 is 0 Å². The fourth-order valence-electron chi connectivity index (χ4n) is 1.47. The largest absolute Gasteiger partial charge is 0.463 e. The molecule has 8 nitrogen and oxygen atoms in total. The zero-order valence-electron chi connectivity index (χ0n) is 10.2. The van der Waals surface area contributed by atoms with Gasteiger partial charge in [-0.05, 0) is 6.92 Å². The van der Waals surface area contributed by atoms with Crippen LogP contribution in [-0.2, 0) is 4.74 Å². The predicted molar refractivity (Wildman–Crippen MR) is 62.6 cm³/mol. The quantitative estimate of drug-likeness (QED) is 0.775. The van der Waals surface area contributed by atoms with E-state index in [1.54, 1.807) is 7.05 Å². The number of esters is 1. The lowest BCUT2D eigenvalue weighted by atomic mass is 10.3. The Labute approximate surface area is 103 Å². The molecule has 94 valence electrons. The van der Waals surface area contributed by atoms with E-state index in [9.17, 15) is 4.79 Å². The molecule has 0 saturated carbocycles. The van der Waals surface area contributed by atoms with Gasteiger partial charge in [-0.15, -0.1) is 5.10 Å². The topological polar surface area (TPSA) is 94.8 Å². The molecule has 0 radical (unpaired) electrons. The first kappa shape index (κ1) is 12.0. The molecule has 0 fully saturated rings. The van der Waals surface area contributed by atoms with Crippen LogP contribution >= 0.6 is 0 Å². The van der Waals surface area contributed by atoms with Crippen molar-refractivity contribution in [2.24, 2.45) is 0 Å². The molecule has 2 aromatic heterocycles. The Morgan fingerprint density at radius 3 is 2.83 bits per heavy atom. The average molecular weight is 248 g/mol. The van der Waals surface area contributed by atoms with Crippen LogP contribution in [0.3, 0.4) is 0 Å². The normalized spacial score (nSPS) is 10.2. The lowest BCUT2D eigenvalue weighted by Crippen LogP contribution is -2.08. The third kappa shape index (κ3) is 1.99. The second-order valence-electron chi connectivity index (χ2n) is 3.43. The molecular weight excluding hydrogens is 236 g/mol. The molecule has 8 heteroatoms. The number of carbonyl (C=O) groups is 1. The fourth-order valence-corrected chi connectivity index (χ4v) is 1.47. The Hall–Kier alpha value is -2.51. The monoisotopic (exact) mass is 248 g/mol. The Bertz CT molecular complexity index is 579. The van der Waals surface area contributed by atoms with Crippen LogP contribution in [0.1, 0.15) is 16.2 Å². The van der Waals surface area contributed by atoms with Gasteiger partial charge in [-0.25, -0.2) is 24.4 Å². The summed E-state index contributed by atoms with van der Waals surface area (Å²) >= 11 is 0. The van der Waals surface area contributed by atoms with E-state index in [2.05, 4.69) is 30.1 Å². The van der Waals surface area contributed by atoms with Crippen molar-refractivity contribution in [2.75, 3.05) is 19.5 Å². The van der Waals surface area contributed by atoms with Crippen molar-refractivity contribution < 1.29 is 9.53 Å². The number of ether oxygens (including phenoxy) is 1. The first-order chi connectivity index (χ1) is 8.67. The maximum absolute atomic E-state index is 11.3. The molecule has 0 amide bonds. The third-order valence-corrected chi connectivity index (χ3v) is 2.37. The number of nitrogens with zero attached hydrogens (tertiary/aromatic N) is 5. The zero-order valence-corrected chi connectivity index (χ0v) is 10.2. The standard InChI is InChI=1S/C10H12N6O2/c1-6-7(11-2)12-4-13-9(6)16-5-14-8(15-16)10(17)18-3/h4-5H,1-3H3,(H,11,12,13). The molecule has 0 bridgehead atoms. The predicted octanol–water partition coefficient (Wildman–Crippen LogP) is 0.194. The highest BCUT2D eigenvalue weighted by molar-refractivity contribution is 5.84. The number of hydrogen-bond donors (Lipinski definition) is 1. The summed E-state index contributed by atoms with van der Waals surface area (Å²) in [4.78, 5) is 23.3. The molecule has 2 rings (SSSR count). The maximum Gasteiger partial charge on any atom is 0.377 e. The smallest absolute Gasteiger partial charge is 0.377 e. The van der Waals surface area contributed by atoms with Crippen molar-refractivity contribution in [2.45, 2.75) is 6.92 Å². The molecule has 1 N–H and O–H groups in total. The van der Waals surface area contributed by atoms with Gasteiger partial charge in [0.25, 0.3) is 5.82 Å². The van der Waals surface area contributed by atoms with Crippen molar-refractivity contribution in [3.8, 4) is 5.82 Å². The van der Waals surface area contributed by atoms with Crippen molar-refractivity contribution >= 4 is 11.8 Å². The summed E-state index contributed by atoms with van der Waals surface area (Å²) in [5.41, 5.74) is 0.807. The van der Waals surface area contributed by atoms with Crippen molar-refractivity contribution in [3.05, 3.63) is 24.0 Å². The van der Waals surface area contributed by atoms with Gasteiger partial charge in [0.15, 0.2) is 5.82 Å². The minimum atomic E-state index is -0.589. The molecule has 0 saturated heterocycles. The van der Waals surface area contributed by atoms with Crippen LogP contribution in [0.2, 0.25) is 0 Å². The van der Waals surface area contributed by atoms with Crippen molar-refractivity contribution in [1.82, 2.24) is 24.7 Å². The number of rotatable bonds is 3. The Morgan fingerprint density at radius 1 is 1.39 bits per heavy atom. The van der Waals surface area contributed by atoms with E-state index in [1.807, 2.05) is 6.92 Å². The molecule has 0 aliphatic heterocycles. The van der Waals surface area contributed by atoms with Gasteiger partial charge in [-0.1, -0.05) is 0 Å². The van der Waals surface area contributed by atoms with Crippen molar-refractivity contribution in [1.29, 1.82) is 0 Å². The summed E-state index contributed by atoms with van der Waals surface area (Å²) in [7, 11) is 3.04. The van der Waals surface area contributed by atoms with E-state index < -0.39 is 5.97 Å². The van der Waals surface area contributed by atoms with E-state index in [0.29, 0.717) is 11.6 Å². The van der Waals surface area contributed by atoms with Gasteiger partial charge in [-0.3, -0.25) is 0 Å². The summed E-state index contributed by atoms with van der Waals surface area (Å²) < 4.78 is 5.95. The highest BCUT2D eigenvalue weighted by atomic mass is 16.5. The van der Waals surface area contributed by atoms with Crippen LogP contribution in [-0.4, -0.2) is 44.9 Å². The highest BCUT2D eigenvalue weighted by Crippen LogP contribution is 2.15. The second-order valence-corrected chi connectivity index (χ2v) is 3.43. The van der Waals surface area contributed by atoms with Crippen LogP contribution < -0.4 is 5.32 Å². The van der Waals surface area contributed by atoms with Crippen LogP contribution in [0.15, 0.2) is 12.7 Å². The number of methoxy groups -OCH3 is 1. The van der Waals surface area contributed by atoms with E-state index in [4.69, 9.17) is 0 Å². The molecule has 0 spiro atoms. The minimum Gasteiger partial charge on any atom is -0.463 e. The molecule has 18 heavy (non-hydrogen) atoms. The molecule has 2 aromatic rings. The summed E-state index contributed by atoms with van der Waals surface area (Å²) in [6.07, 6.45) is 2.81. The molecule has 0 unspecified atom stereocenters. The molecule has 0 atom stereocenters. The number of anilines is 1.